The summed E-state index contributed by atoms with van der Waals surface area (Å²) in [6, 6.07) is 5.16. The Morgan fingerprint density at radius 1 is 1.17 bits per heavy atom. The van der Waals surface area contributed by atoms with Crippen LogP contribution in [0.2, 0.25) is 5.02 Å². The second-order valence-corrected chi connectivity index (χ2v) is 10.8. The molecule has 1 fully saturated rings. The SMILES string of the molecule is C=CC(=O)N1C[C@H](C)N(c2nc(Oc3cnn(C)c3)nc3c(F)c(-c4c(C)ccc5[nH]ncc45)c(Cl)cc23)C[C@H]1C. The number of halogens is 2. The number of aromatic nitrogens is 6. The molecule has 0 unspecified atom stereocenters. The summed E-state index contributed by atoms with van der Waals surface area (Å²) in [5, 5.41) is 12.6. The lowest BCUT2D eigenvalue weighted by Gasteiger charge is -2.44. The van der Waals surface area contributed by atoms with Crippen LogP contribution in [0.4, 0.5) is 10.2 Å². The van der Waals surface area contributed by atoms with Crippen LogP contribution in [-0.2, 0) is 11.8 Å². The van der Waals surface area contributed by atoms with E-state index in [4.69, 9.17) is 21.3 Å². The standard InChI is InChI=1S/C29H28ClFN8O2/c1-6-23(40)38-12-17(4)39(13-16(38)3)28-19-9-21(30)25(24-15(2)7-8-22-20(24)11-32-36-22)26(31)27(19)34-29(35-28)41-18-10-33-37(5)14-18/h6-11,14,16-17H,1,12-13H2,2-5H3,(H,32,36)/t16-,17+/m1/s1. The highest BCUT2D eigenvalue weighted by Gasteiger charge is 2.34. The van der Waals surface area contributed by atoms with Gasteiger partial charge in [0.05, 0.1) is 29.1 Å². The number of carbonyl (C=O) groups excluding carboxylic acids is 1. The van der Waals surface area contributed by atoms with Gasteiger partial charge < -0.3 is 14.5 Å². The molecular weight excluding hydrogens is 547 g/mol. The lowest BCUT2D eigenvalue weighted by Crippen LogP contribution is -2.58. The molecule has 6 rings (SSSR count). The molecule has 4 heterocycles. The van der Waals surface area contributed by atoms with E-state index in [1.807, 2.05) is 37.8 Å². The number of ether oxygens (including phenoxy) is 1. The van der Waals surface area contributed by atoms with Crippen molar-refractivity contribution in [3.63, 3.8) is 0 Å². The molecule has 1 aliphatic heterocycles. The van der Waals surface area contributed by atoms with Crippen LogP contribution in [0.3, 0.4) is 0 Å². The molecule has 1 aliphatic rings. The topological polar surface area (TPSA) is 105 Å². The van der Waals surface area contributed by atoms with Gasteiger partial charge in [0.1, 0.15) is 11.3 Å². The zero-order valence-corrected chi connectivity index (χ0v) is 23.8. The van der Waals surface area contributed by atoms with Crippen molar-refractivity contribution >= 4 is 45.1 Å². The maximum atomic E-state index is 16.7. The molecular formula is C29H28ClFN8O2. The molecule has 41 heavy (non-hydrogen) atoms. The highest BCUT2D eigenvalue weighted by molar-refractivity contribution is 6.35. The monoisotopic (exact) mass is 574 g/mol. The van der Waals surface area contributed by atoms with Gasteiger partial charge in [-0.25, -0.2) is 4.39 Å². The second kappa shape index (κ2) is 10.2. The molecule has 2 aromatic carbocycles. The van der Waals surface area contributed by atoms with Crippen LogP contribution >= 0.6 is 11.6 Å². The van der Waals surface area contributed by atoms with Gasteiger partial charge in [-0.05, 0) is 44.5 Å². The molecule has 0 spiro atoms. The number of nitrogens with zero attached hydrogens (tertiary/aromatic N) is 7. The van der Waals surface area contributed by atoms with Crippen LogP contribution in [-0.4, -0.2) is 65.9 Å². The fraction of sp³-hybridized carbons (Fsp3) is 0.276. The molecule has 0 bridgehead atoms. The number of amides is 1. The number of benzene rings is 2. The van der Waals surface area contributed by atoms with E-state index in [2.05, 4.69) is 26.9 Å². The van der Waals surface area contributed by atoms with E-state index < -0.39 is 5.82 Å². The van der Waals surface area contributed by atoms with E-state index in [0.29, 0.717) is 35.6 Å². The summed E-state index contributed by atoms with van der Waals surface area (Å²) in [7, 11) is 1.76. The third-order valence-electron chi connectivity index (χ3n) is 7.53. The molecule has 0 aliphatic carbocycles. The largest absolute Gasteiger partial charge is 0.421 e. The van der Waals surface area contributed by atoms with Gasteiger partial charge in [-0.2, -0.15) is 20.2 Å². The van der Waals surface area contributed by atoms with Gasteiger partial charge in [0.15, 0.2) is 11.6 Å². The van der Waals surface area contributed by atoms with E-state index in [0.717, 1.165) is 16.5 Å². The average molecular weight is 575 g/mol. The number of fused-ring (bicyclic) bond motifs is 2. The minimum absolute atomic E-state index is 0.0321. The Kier molecular flexibility index (Phi) is 6.61. The molecule has 0 radical (unpaired) electrons. The van der Waals surface area contributed by atoms with Gasteiger partial charge >= 0.3 is 6.01 Å². The molecule has 1 amide bonds. The zero-order valence-electron chi connectivity index (χ0n) is 23.0. The quantitative estimate of drug-likeness (QED) is 0.280. The Bertz CT molecular complexity index is 1830. The van der Waals surface area contributed by atoms with Crippen molar-refractivity contribution in [1.29, 1.82) is 0 Å². The van der Waals surface area contributed by atoms with Crippen LogP contribution in [0.5, 0.6) is 11.8 Å². The Morgan fingerprint density at radius 2 is 1.98 bits per heavy atom. The number of aryl methyl sites for hydroxylation is 2. The lowest BCUT2D eigenvalue weighted by atomic mass is 9.95. The van der Waals surface area contributed by atoms with Crippen molar-refractivity contribution in [3.8, 4) is 22.9 Å². The Balaban J connectivity index is 1.56. The van der Waals surface area contributed by atoms with Crippen molar-refractivity contribution in [1.82, 2.24) is 34.8 Å². The summed E-state index contributed by atoms with van der Waals surface area (Å²) < 4.78 is 24.3. The average Bonchev–Trinajstić information content (AvgIpc) is 3.59. The van der Waals surface area contributed by atoms with Gasteiger partial charge in [0.2, 0.25) is 5.91 Å². The Hall–Kier alpha value is -4.51. The third-order valence-corrected chi connectivity index (χ3v) is 7.83. The fourth-order valence-corrected chi connectivity index (χ4v) is 5.80. The van der Waals surface area contributed by atoms with E-state index in [1.165, 1.54) is 12.3 Å². The Morgan fingerprint density at radius 3 is 2.71 bits per heavy atom. The first-order chi connectivity index (χ1) is 19.7. The van der Waals surface area contributed by atoms with Gasteiger partial charge in [0, 0.05) is 54.1 Å². The van der Waals surface area contributed by atoms with Crippen LogP contribution in [0.25, 0.3) is 32.9 Å². The molecule has 2 atom stereocenters. The maximum Gasteiger partial charge on any atom is 0.324 e. The predicted molar refractivity (Wildman–Crippen MR) is 156 cm³/mol. The first-order valence-electron chi connectivity index (χ1n) is 13.1. The van der Waals surface area contributed by atoms with E-state index in [-0.39, 0.29) is 40.1 Å². The molecule has 1 N–H and O–H groups in total. The maximum absolute atomic E-state index is 16.7. The van der Waals surface area contributed by atoms with Crippen molar-refractivity contribution in [3.05, 3.63) is 65.8 Å². The number of hydrogen-bond acceptors (Lipinski definition) is 7. The molecule has 3 aromatic heterocycles. The fourth-order valence-electron chi connectivity index (χ4n) is 5.51. The molecule has 1 saturated heterocycles. The van der Waals surface area contributed by atoms with Crippen LogP contribution < -0.4 is 9.64 Å². The van der Waals surface area contributed by atoms with Crippen LogP contribution in [0.15, 0.2) is 49.4 Å². The number of nitrogens with one attached hydrogen (secondary N) is 1. The number of aromatic amines is 1. The van der Waals surface area contributed by atoms with Gasteiger partial charge in [-0.3, -0.25) is 14.6 Å². The summed E-state index contributed by atoms with van der Waals surface area (Å²) in [5.74, 6) is 0.142. The van der Waals surface area contributed by atoms with Gasteiger partial charge in [-0.15, -0.1) is 0 Å². The number of anilines is 1. The normalized spacial score (nSPS) is 17.4. The molecule has 12 heteroatoms. The predicted octanol–water partition coefficient (Wildman–Crippen LogP) is 5.41. The van der Waals surface area contributed by atoms with Crippen molar-refractivity contribution in [2.75, 3.05) is 18.0 Å². The smallest absolute Gasteiger partial charge is 0.324 e. The van der Waals surface area contributed by atoms with Crippen molar-refractivity contribution in [2.24, 2.45) is 7.05 Å². The van der Waals surface area contributed by atoms with E-state index in [1.54, 1.807) is 35.1 Å². The minimum Gasteiger partial charge on any atom is -0.421 e. The van der Waals surface area contributed by atoms with E-state index in [9.17, 15) is 4.79 Å². The summed E-state index contributed by atoms with van der Waals surface area (Å²) in [6.45, 7) is 10.4. The van der Waals surface area contributed by atoms with Gasteiger partial charge in [0.25, 0.3) is 0 Å². The summed E-state index contributed by atoms with van der Waals surface area (Å²) in [4.78, 5) is 25.5. The van der Waals surface area contributed by atoms with Crippen LogP contribution in [0, 0.1) is 12.7 Å². The summed E-state index contributed by atoms with van der Waals surface area (Å²) in [6.07, 6.45) is 6.18. The minimum atomic E-state index is -0.592. The second-order valence-electron chi connectivity index (χ2n) is 10.4. The molecule has 10 nitrogen and oxygen atoms in total. The van der Waals surface area contributed by atoms with Crippen LogP contribution in [0.1, 0.15) is 19.4 Å². The number of hydrogen-bond donors (Lipinski definition) is 1. The number of carbonyl (C=O) groups is 1. The highest BCUT2D eigenvalue weighted by Crippen LogP contribution is 2.43. The highest BCUT2D eigenvalue weighted by atomic mass is 35.5. The molecule has 0 saturated carbocycles. The zero-order chi connectivity index (χ0) is 29.0. The summed E-state index contributed by atoms with van der Waals surface area (Å²) in [5.41, 5.74) is 2.53. The third kappa shape index (κ3) is 4.55. The summed E-state index contributed by atoms with van der Waals surface area (Å²) >= 11 is 6.86. The number of rotatable bonds is 5. The molecule has 210 valence electrons. The van der Waals surface area contributed by atoms with Gasteiger partial charge in [-0.1, -0.05) is 24.2 Å². The number of H-pyrrole nitrogens is 1. The first kappa shape index (κ1) is 26.7. The van der Waals surface area contributed by atoms with E-state index >= 15 is 4.39 Å². The number of piperazine rings is 1. The lowest BCUT2D eigenvalue weighted by molar-refractivity contribution is -0.128. The first-order valence-corrected chi connectivity index (χ1v) is 13.5. The molecule has 5 aromatic rings. The van der Waals surface area contributed by atoms with Crippen molar-refractivity contribution < 1.29 is 13.9 Å². The van der Waals surface area contributed by atoms with Crippen molar-refractivity contribution in [2.45, 2.75) is 32.9 Å². The Labute approximate surface area is 240 Å².